The zero-order chi connectivity index (χ0) is 22.5. The number of nitrogens with one attached hydrogen (secondary N) is 1. The Kier molecular flexibility index (Phi) is 7.03. The Morgan fingerprint density at radius 1 is 1.23 bits per heavy atom. The molecule has 1 amide bonds. The lowest BCUT2D eigenvalue weighted by Gasteiger charge is -2.30. The summed E-state index contributed by atoms with van der Waals surface area (Å²) in [7, 11) is 0. The van der Waals surface area contributed by atoms with E-state index in [0.717, 1.165) is 13.1 Å². The third-order valence-corrected chi connectivity index (χ3v) is 5.43. The number of benzene rings is 1. The van der Waals surface area contributed by atoms with Gasteiger partial charge in [-0.15, -0.1) is 0 Å². The van der Waals surface area contributed by atoms with E-state index in [4.69, 9.17) is 15.2 Å². The Hall–Kier alpha value is -3.24. The van der Waals surface area contributed by atoms with Crippen LogP contribution in [-0.4, -0.2) is 61.2 Å². The number of morpholine rings is 1. The second kappa shape index (κ2) is 9.71. The van der Waals surface area contributed by atoms with Crippen molar-refractivity contribution in [2.75, 3.05) is 39.5 Å². The molecule has 2 heterocycles. The van der Waals surface area contributed by atoms with E-state index in [2.05, 4.69) is 10.2 Å². The molecule has 10 heteroatoms. The first kappa shape index (κ1) is 22.4. The molecule has 0 radical (unpaired) electrons. The minimum Gasteiger partial charge on any atom is -0.461 e. The zero-order valence-electron chi connectivity index (χ0n) is 17.6. The van der Waals surface area contributed by atoms with E-state index < -0.39 is 22.7 Å². The molecule has 1 aromatic rings. The third-order valence-electron chi connectivity index (χ3n) is 5.43. The first-order valence-electron chi connectivity index (χ1n) is 10.00. The number of hydrogen-bond acceptors (Lipinski definition) is 8. The number of amides is 1. The van der Waals surface area contributed by atoms with E-state index in [1.54, 1.807) is 19.9 Å². The van der Waals surface area contributed by atoms with Crippen molar-refractivity contribution in [3.63, 3.8) is 0 Å². The van der Waals surface area contributed by atoms with Crippen LogP contribution in [0.15, 0.2) is 46.8 Å². The number of para-hydroxylation sites is 1. The Balaban J connectivity index is 1.92. The molecule has 2 aliphatic heterocycles. The van der Waals surface area contributed by atoms with Gasteiger partial charge in [0.25, 0.3) is 5.69 Å². The lowest BCUT2D eigenvalue weighted by atomic mass is 9.79. The van der Waals surface area contributed by atoms with E-state index in [-0.39, 0.29) is 29.0 Å². The zero-order valence-corrected chi connectivity index (χ0v) is 17.6. The van der Waals surface area contributed by atoms with Crippen LogP contribution in [0.2, 0.25) is 0 Å². The van der Waals surface area contributed by atoms with Crippen LogP contribution in [-0.2, 0) is 19.1 Å². The highest BCUT2D eigenvalue weighted by molar-refractivity contribution is 6.01. The normalized spacial score (nSPS) is 19.7. The van der Waals surface area contributed by atoms with Crippen molar-refractivity contribution in [2.45, 2.75) is 19.8 Å². The minimum atomic E-state index is -1.00. The van der Waals surface area contributed by atoms with Gasteiger partial charge in [0.2, 0.25) is 5.91 Å². The fourth-order valence-electron chi connectivity index (χ4n) is 3.97. The summed E-state index contributed by atoms with van der Waals surface area (Å²) in [5, 5.41) is 14.6. The van der Waals surface area contributed by atoms with E-state index in [0.29, 0.717) is 31.2 Å². The number of carbonyl (C=O) groups is 2. The number of nitro benzene ring substituents is 1. The second-order valence-electron chi connectivity index (χ2n) is 7.41. The number of hydrogen-bond donors (Lipinski definition) is 2. The van der Waals surface area contributed by atoms with Crippen LogP contribution in [0.4, 0.5) is 5.69 Å². The van der Waals surface area contributed by atoms with Crippen molar-refractivity contribution in [1.82, 2.24) is 10.2 Å². The molecule has 2 aliphatic rings. The number of nitrogens with two attached hydrogens (primary N) is 1. The molecule has 3 N–H and O–H groups in total. The lowest BCUT2D eigenvalue weighted by Crippen LogP contribution is -2.39. The quantitative estimate of drug-likeness (QED) is 0.374. The van der Waals surface area contributed by atoms with Crippen molar-refractivity contribution in [3.8, 4) is 0 Å². The maximum absolute atomic E-state index is 13.1. The molecule has 1 aromatic carbocycles. The number of ether oxygens (including phenoxy) is 2. The van der Waals surface area contributed by atoms with Gasteiger partial charge >= 0.3 is 5.97 Å². The van der Waals surface area contributed by atoms with Crippen molar-refractivity contribution in [3.05, 3.63) is 62.5 Å². The molecule has 3 rings (SSSR count). The van der Waals surface area contributed by atoms with Gasteiger partial charge in [0, 0.05) is 48.2 Å². The minimum absolute atomic E-state index is 0.0972. The van der Waals surface area contributed by atoms with Gasteiger partial charge < -0.3 is 20.5 Å². The molecule has 1 unspecified atom stereocenters. The number of dihydropyridines is 1. The third kappa shape index (κ3) is 4.92. The molecule has 1 atom stereocenters. The molecule has 0 aromatic heterocycles. The first-order valence-corrected chi connectivity index (χ1v) is 10.00. The van der Waals surface area contributed by atoms with Gasteiger partial charge in [0.15, 0.2) is 0 Å². The summed E-state index contributed by atoms with van der Waals surface area (Å²) in [4.78, 5) is 38.6. The van der Waals surface area contributed by atoms with E-state index in [1.165, 1.54) is 18.2 Å². The van der Waals surface area contributed by atoms with Gasteiger partial charge in [0.1, 0.15) is 6.61 Å². The van der Waals surface area contributed by atoms with E-state index >= 15 is 0 Å². The Labute approximate surface area is 179 Å². The molecule has 166 valence electrons. The van der Waals surface area contributed by atoms with E-state index in [9.17, 15) is 19.7 Å². The van der Waals surface area contributed by atoms with Crippen molar-refractivity contribution < 1.29 is 24.0 Å². The van der Waals surface area contributed by atoms with Gasteiger partial charge in [-0.25, -0.2) is 4.79 Å². The average Bonchev–Trinajstić information content (AvgIpc) is 2.73. The molecule has 0 aliphatic carbocycles. The molecular formula is C21H26N4O6. The molecule has 0 bridgehead atoms. The van der Waals surface area contributed by atoms with Gasteiger partial charge in [0.05, 0.1) is 29.6 Å². The van der Waals surface area contributed by atoms with Gasteiger partial charge in [-0.3, -0.25) is 19.8 Å². The summed E-state index contributed by atoms with van der Waals surface area (Å²) >= 11 is 0. The molecular weight excluding hydrogens is 404 g/mol. The van der Waals surface area contributed by atoms with Gasteiger partial charge in [-0.2, -0.15) is 0 Å². The van der Waals surface area contributed by atoms with Crippen molar-refractivity contribution in [1.29, 1.82) is 0 Å². The van der Waals surface area contributed by atoms with Crippen LogP contribution in [0.5, 0.6) is 0 Å². The van der Waals surface area contributed by atoms with Crippen LogP contribution in [0.25, 0.3) is 0 Å². The molecule has 1 saturated heterocycles. The summed E-state index contributed by atoms with van der Waals surface area (Å²) < 4.78 is 10.8. The number of allylic oxidation sites excluding steroid dienone is 2. The van der Waals surface area contributed by atoms with Crippen LogP contribution in [0, 0.1) is 10.1 Å². The summed E-state index contributed by atoms with van der Waals surface area (Å²) in [6.07, 6.45) is 0. The summed E-state index contributed by atoms with van der Waals surface area (Å²) in [6.45, 7) is 6.78. The Morgan fingerprint density at radius 2 is 1.87 bits per heavy atom. The van der Waals surface area contributed by atoms with Crippen LogP contribution >= 0.6 is 0 Å². The summed E-state index contributed by atoms with van der Waals surface area (Å²) in [5.41, 5.74) is 6.76. The standard InChI is InChI=1S/C21H26N4O6/c1-13-17(20(22)26)19(15-5-3-4-6-16(15)25(28)29)18(14(2)23-13)21(27)31-12-9-24-7-10-30-11-8-24/h3-6,19,23H,7-12H2,1-2H3,(H2,22,26). The number of nitrogens with zero attached hydrogens (tertiary/aromatic N) is 2. The van der Waals surface area contributed by atoms with Crippen LogP contribution < -0.4 is 11.1 Å². The highest BCUT2D eigenvalue weighted by Crippen LogP contribution is 2.41. The Morgan fingerprint density at radius 3 is 2.52 bits per heavy atom. The average molecular weight is 430 g/mol. The highest BCUT2D eigenvalue weighted by atomic mass is 16.6. The lowest BCUT2D eigenvalue weighted by molar-refractivity contribution is -0.385. The highest BCUT2D eigenvalue weighted by Gasteiger charge is 2.39. The largest absolute Gasteiger partial charge is 0.461 e. The van der Waals surface area contributed by atoms with Crippen LogP contribution in [0.1, 0.15) is 25.3 Å². The fraction of sp³-hybridized carbons (Fsp3) is 0.429. The second-order valence-corrected chi connectivity index (χ2v) is 7.41. The number of nitro groups is 1. The maximum Gasteiger partial charge on any atom is 0.336 e. The first-order chi connectivity index (χ1) is 14.8. The summed E-state index contributed by atoms with van der Waals surface area (Å²) in [5.74, 6) is -2.41. The van der Waals surface area contributed by atoms with Gasteiger partial charge in [-0.1, -0.05) is 18.2 Å². The van der Waals surface area contributed by atoms with Gasteiger partial charge in [-0.05, 0) is 13.8 Å². The maximum atomic E-state index is 13.1. The molecule has 0 saturated carbocycles. The number of esters is 1. The fourth-order valence-corrected chi connectivity index (χ4v) is 3.97. The molecule has 1 fully saturated rings. The molecule has 0 spiro atoms. The van der Waals surface area contributed by atoms with Crippen molar-refractivity contribution >= 4 is 17.6 Å². The smallest absolute Gasteiger partial charge is 0.336 e. The van der Waals surface area contributed by atoms with Crippen LogP contribution in [0.3, 0.4) is 0 Å². The molecule has 31 heavy (non-hydrogen) atoms. The predicted octanol–water partition coefficient (Wildman–Crippen LogP) is 1.19. The number of rotatable bonds is 7. The predicted molar refractivity (Wildman–Crippen MR) is 112 cm³/mol. The summed E-state index contributed by atoms with van der Waals surface area (Å²) in [6, 6.07) is 6.01. The SMILES string of the molecule is CC1=C(C(N)=O)C(c2ccccc2[N+](=O)[O-])C(C(=O)OCCN2CCOCC2)=C(C)N1. The molecule has 10 nitrogen and oxygen atoms in total. The van der Waals surface area contributed by atoms with Crippen molar-refractivity contribution in [2.24, 2.45) is 5.73 Å². The van der Waals surface area contributed by atoms with E-state index in [1.807, 2.05) is 0 Å². The Bertz CT molecular complexity index is 949. The number of primary amides is 1. The topological polar surface area (TPSA) is 137 Å². The number of carbonyl (C=O) groups excluding carboxylic acids is 2. The monoisotopic (exact) mass is 430 g/mol.